The third kappa shape index (κ3) is 6.88. The maximum absolute atomic E-state index is 13.8. The minimum absolute atomic E-state index is 0.181. The average Bonchev–Trinajstić information content (AvgIpc) is 2.50. The van der Waals surface area contributed by atoms with Crippen LogP contribution in [0.15, 0.2) is 11.8 Å². The van der Waals surface area contributed by atoms with Crippen molar-refractivity contribution in [2.24, 2.45) is 0 Å². The molecule has 0 amide bonds. The third-order valence-electron chi connectivity index (χ3n) is 2.70. The van der Waals surface area contributed by atoms with Gasteiger partial charge in [0, 0.05) is 7.11 Å². The number of aliphatic hydroxyl groups excluding tert-OH is 1. The molecule has 0 radical (unpaired) electrons. The number of hydrogen-bond acceptors (Lipinski definition) is 5. The second-order valence-electron chi connectivity index (χ2n) is 5.14. The van der Waals surface area contributed by atoms with Crippen molar-refractivity contribution in [2.75, 3.05) is 7.11 Å². The number of rotatable bonds is 11. The van der Waals surface area contributed by atoms with Crippen molar-refractivity contribution in [3.63, 3.8) is 0 Å². The minimum atomic E-state index is -7.64. The largest absolute Gasteiger partial charge is 0.507 e. The van der Waals surface area contributed by atoms with Gasteiger partial charge in [-0.25, -0.2) is 9.47 Å². The number of methoxy groups -OCH3 is 1. The highest BCUT2D eigenvalue weighted by molar-refractivity contribution is 4.95. The fraction of sp³-hybridized carbons (Fsp3) is 0.818. The Bertz CT molecular complexity index is 684. The zero-order valence-corrected chi connectivity index (χ0v) is 14.3. The fourth-order valence-corrected chi connectivity index (χ4v) is 1.32. The SMILES string of the molecule is COC(F)(F)OC(F)(F)C(F)(F)OC(F)(F)C(F)(OC(F)(F)CC(O)=C(F)F)C(F)(F)F. The van der Waals surface area contributed by atoms with E-state index in [2.05, 4.69) is 4.74 Å². The van der Waals surface area contributed by atoms with Gasteiger partial charge in [-0.1, -0.05) is 0 Å². The van der Waals surface area contributed by atoms with Crippen LogP contribution in [0.1, 0.15) is 6.42 Å². The van der Waals surface area contributed by atoms with Crippen molar-refractivity contribution in [1.82, 2.24) is 0 Å². The van der Waals surface area contributed by atoms with Crippen molar-refractivity contribution < 1.29 is 94.3 Å². The Hall–Kier alpha value is -1.74. The minimum Gasteiger partial charge on any atom is -0.507 e. The molecule has 0 fully saturated rings. The molecule has 0 saturated carbocycles. The van der Waals surface area contributed by atoms with Gasteiger partial charge in [0.25, 0.3) is 0 Å². The van der Waals surface area contributed by atoms with Gasteiger partial charge in [-0.15, -0.1) is 8.78 Å². The van der Waals surface area contributed by atoms with Crippen LogP contribution < -0.4 is 0 Å². The van der Waals surface area contributed by atoms with Crippen LogP contribution in [0.3, 0.4) is 0 Å². The fourth-order valence-electron chi connectivity index (χ4n) is 1.32. The van der Waals surface area contributed by atoms with Crippen LogP contribution in [-0.4, -0.2) is 55.0 Å². The van der Waals surface area contributed by atoms with E-state index in [4.69, 9.17) is 5.11 Å². The lowest BCUT2D eigenvalue weighted by molar-refractivity contribution is -0.574. The monoisotopic (exact) mass is 522 g/mol. The molecule has 21 heteroatoms. The first-order valence-electron chi connectivity index (χ1n) is 6.79. The zero-order valence-electron chi connectivity index (χ0n) is 14.3. The lowest BCUT2D eigenvalue weighted by Crippen LogP contribution is -2.64. The van der Waals surface area contributed by atoms with E-state index in [0.29, 0.717) is 0 Å². The zero-order chi connectivity index (χ0) is 26.2. The maximum Gasteiger partial charge on any atom is 0.490 e. The molecule has 0 heterocycles. The maximum atomic E-state index is 13.8. The summed E-state index contributed by atoms with van der Waals surface area (Å²) < 4.78 is 214. The molecule has 0 aromatic rings. The quantitative estimate of drug-likeness (QED) is 0.209. The highest BCUT2D eigenvalue weighted by Gasteiger charge is 2.81. The summed E-state index contributed by atoms with van der Waals surface area (Å²) >= 11 is 0. The molecule has 1 atom stereocenters. The van der Waals surface area contributed by atoms with Crippen LogP contribution in [0.4, 0.5) is 70.2 Å². The number of halogens is 16. The summed E-state index contributed by atoms with van der Waals surface area (Å²) in [6, 6.07) is 0. The second-order valence-corrected chi connectivity index (χ2v) is 5.14. The summed E-state index contributed by atoms with van der Waals surface area (Å²) in [5, 5.41) is 8.32. The summed E-state index contributed by atoms with van der Waals surface area (Å²) in [5.41, 5.74) is 0. The van der Waals surface area contributed by atoms with Crippen LogP contribution in [0.25, 0.3) is 0 Å². The first-order chi connectivity index (χ1) is 13.8. The molecule has 0 spiro atoms. The molecule has 0 aromatic carbocycles. The van der Waals surface area contributed by atoms with Crippen LogP contribution in [-0.2, 0) is 18.9 Å². The molecule has 1 N–H and O–H groups in total. The first-order valence-corrected chi connectivity index (χ1v) is 6.79. The molecule has 5 nitrogen and oxygen atoms in total. The Kier molecular flexibility index (Phi) is 8.41. The number of aliphatic hydroxyl groups is 1. The van der Waals surface area contributed by atoms with E-state index in [1.54, 1.807) is 4.74 Å². The predicted octanol–water partition coefficient (Wildman–Crippen LogP) is 5.89. The topological polar surface area (TPSA) is 57.2 Å². The van der Waals surface area contributed by atoms with Gasteiger partial charge in [0.05, 0.1) is 0 Å². The van der Waals surface area contributed by atoms with Gasteiger partial charge >= 0.3 is 48.8 Å². The molecule has 192 valence electrons. The Morgan fingerprint density at radius 1 is 0.656 bits per heavy atom. The number of alkyl halides is 14. The van der Waals surface area contributed by atoms with Gasteiger partial charge in [0.1, 0.15) is 6.42 Å². The molecule has 0 saturated heterocycles. The smallest absolute Gasteiger partial charge is 0.490 e. The number of hydrogen-bond donors (Lipinski definition) is 1. The van der Waals surface area contributed by atoms with Gasteiger partial charge in [0.2, 0.25) is 0 Å². The van der Waals surface area contributed by atoms with Crippen molar-refractivity contribution >= 4 is 0 Å². The Morgan fingerprint density at radius 3 is 1.41 bits per heavy atom. The van der Waals surface area contributed by atoms with Gasteiger partial charge < -0.3 is 5.11 Å². The van der Waals surface area contributed by atoms with E-state index in [1.807, 2.05) is 9.47 Å². The van der Waals surface area contributed by atoms with Crippen molar-refractivity contribution in [2.45, 2.75) is 49.2 Å². The molecule has 0 aliphatic heterocycles. The van der Waals surface area contributed by atoms with Crippen LogP contribution >= 0.6 is 0 Å². The van der Waals surface area contributed by atoms with Gasteiger partial charge in [-0.3, -0.25) is 9.47 Å². The van der Waals surface area contributed by atoms with Crippen LogP contribution in [0.2, 0.25) is 0 Å². The molecule has 0 aromatic heterocycles. The third-order valence-corrected chi connectivity index (χ3v) is 2.70. The van der Waals surface area contributed by atoms with Crippen molar-refractivity contribution in [3.05, 3.63) is 11.8 Å². The van der Waals surface area contributed by atoms with E-state index >= 15 is 0 Å². The summed E-state index contributed by atoms with van der Waals surface area (Å²) in [7, 11) is -0.181. The van der Waals surface area contributed by atoms with E-state index in [1.165, 1.54) is 0 Å². The predicted molar refractivity (Wildman–Crippen MR) is 61.4 cm³/mol. The van der Waals surface area contributed by atoms with Crippen molar-refractivity contribution in [1.29, 1.82) is 0 Å². The Balaban J connectivity index is 6.22. The second kappa shape index (κ2) is 8.89. The van der Waals surface area contributed by atoms with E-state index in [-0.39, 0.29) is 7.11 Å². The summed E-state index contributed by atoms with van der Waals surface area (Å²) in [5.74, 6) is -10.4. The summed E-state index contributed by atoms with van der Waals surface area (Å²) in [6.45, 7) is 0. The summed E-state index contributed by atoms with van der Waals surface area (Å²) in [4.78, 5) is 0. The van der Waals surface area contributed by atoms with Crippen molar-refractivity contribution in [3.8, 4) is 0 Å². The molecule has 1 unspecified atom stereocenters. The van der Waals surface area contributed by atoms with Crippen LogP contribution in [0, 0.1) is 0 Å². The molecule has 0 rings (SSSR count). The molecule has 0 aliphatic rings. The molecule has 32 heavy (non-hydrogen) atoms. The van der Waals surface area contributed by atoms with E-state index < -0.39 is 61.0 Å². The van der Waals surface area contributed by atoms with Gasteiger partial charge in [-0.05, 0) is 0 Å². The highest BCUT2D eigenvalue weighted by atomic mass is 19.4. The average molecular weight is 522 g/mol. The van der Waals surface area contributed by atoms with Gasteiger partial charge in [-0.2, -0.15) is 61.5 Å². The van der Waals surface area contributed by atoms with E-state index in [0.717, 1.165) is 0 Å². The first kappa shape index (κ1) is 30.3. The molecule has 0 aliphatic carbocycles. The normalized spacial score (nSPS) is 16.7. The number of ether oxygens (including phenoxy) is 4. The molecular formula is C11H6F16O5. The lowest BCUT2D eigenvalue weighted by atomic mass is 10.2. The van der Waals surface area contributed by atoms with Crippen LogP contribution in [0.5, 0.6) is 0 Å². The standard InChI is InChI=1S/C11H6F16O5/c1-29-11(26,27)32-10(24,25)9(22,23)31-8(20,21)6(16,7(17,18)19)30-5(14,15)2-3(28)4(12)13/h28H,2H2,1H3. The van der Waals surface area contributed by atoms with E-state index in [9.17, 15) is 70.2 Å². The Morgan fingerprint density at radius 2 is 1.06 bits per heavy atom. The summed E-state index contributed by atoms with van der Waals surface area (Å²) in [6.07, 6.45) is -48.2. The van der Waals surface area contributed by atoms with Gasteiger partial charge in [0.15, 0.2) is 5.76 Å². The highest BCUT2D eigenvalue weighted by Crippen LogP contribution is 2.53. The molecule has 0 bridgehead atoms. The lowest BCUT2D eigenvalue weighted by Gasteiger charge is -2.38. The Labute approximate surface area is 164 Å². The molecular weight excluding hydrogens is 516 g/mol.